The number of aryl methyl sites for hydroxylation is 3. The van der Waals surface area contributed by atoms with Crippen LogP contribution in [-0.2, 0) is 25.7 Å². The Hall–Kier alpha value is -1.56. The summed E-state index contributed by atoms with van der Waals surface area (Å²) in [5.41, 5.74) is 7.90. The number of rotatable bonds is 7. The van der Waals surface area contributed by atoms with Crippen molar-refractivity contribution >= 4 is 0 Å². The number of fused-ring (bicyclic) bond motifs is 1. The van der Waals surface area contributed by atoms with Crippen molar-refractivity contribution in [1.29, 1.82) is 0 Å². The fraction of sp³-hybridized carbons (Fsp3) is 0.478. The molecule has 0 nitrogen and oxygen atoms in total. The van der Waals surface area contributed by atoms with E-state index in [2.05, 4.69) is 49.4 Å². The van der Waals surface area contributed by atoms with Crippen LogP contribution in [0.5, 0.6) is 0 Å². The van der Waals surface area contributed by atoms with Crippen molar-refractivity contribution in [3.8, 4) is 0 Å². The first-order chi connectivity index (χ1) is 11.4. The second-order valence-corrected chi connectivity index (χ2v) is 7.07. The third-order valence-corrected chi connectivity index (χ3v) is 5.20. The molecular formula is C23H30. The van der Waals surface area contributed by atoms with E-state index in [1.165, 1.54) is 63.4 Å². The molecule has 0 bridgehead atoms. The van der Waals surface area contributed by atoms with Gasteiger partial charge in [-0.15, -0.1) is 0 Å². The van der Waals surface area contributed by atoms with Crippen molar-refractivity contribution in [2.75, 3.05) is 0 Å². The lowest BCUT2D eigenvalue weighted by atomic mass is 9.85. The molecule has 0 unspecified atom stereocenters. The van der Waals surface area contributed by atoms with Gasteiger partial charge in [0.2, 0.25) is 0 Å². The molecule has 0 N–H and O–H groups in total. The van der Waals surface area contributed by atoms with Crippen molar-refractivity contribution in [2.24, 2.45) is 0 Å². The maximum absolute atomic E-state index is 2.55. The Bertz CT molecular complexity index is 609. The molecule has 0 aromatic heterocycles. The molecule has 1 aliphatic rings. The van der Waals surface area contributed by atoms with Gasteiger partial charge in [-0.1, -0.05) is 68.7 Å². The first kappa shape index (κ1) is 16.3. The van der Waals surface area contributed by atoms with Gasteiger partial charge in [0.25, 0.3) is 0 Å². The SMILES string of the molecule is CCCCCCc1cc2c(cc1Cc1ccccc1)CCCC2. The van der Waals surface area contributed by atoms with E-state index in [1.54, 1.807) is 22.3 Å². The molecule has 0 atom stereocenters. The summed E-state index contributed by atoms with van der Waals surface area (Å²) in [4.78, 5) is 0. The number of benzene rings is 2. The minimum Gasteiger partial charge on any atom is -0.0654 e. The van der Waals surface area contributed by atoms with Crippen LogP contribution in [0.15, 0.2) is 42.5 Å². The summed E-state index contributed by atoms with van der Waals surface area (Å²) in [5, 5.41) is 0. The molecule has 0 saturated heterocycles. The van der Waals surface area contributed by atoms with Gasteiger partial charge in [0.1, 0.15) is 0 Å². The van der Waals surface area contributed by atoms with E-state index < -0.39 is 0 Å². The second kappa shape index (κ2) is 8.34. The van der Waals surface area contributed by atoms with Gasteiger partial charge >= 0.3 is 0 Å². The molecule has 0 spiro atoms. The Morgan fingerprint density at radius 2 is 1.48 bits per heavy atom. The molecule has 0 aliphatic heterocycles. The van der Waals surface area contributed by atoms with Crippen LogP contribution in [0.2, 0.25) is 0 Å². The van der Waals surface area contributed by atoms with Crippen molar-refractivity contribution < 1.29 is 0 Å². The predicted molar refractivity (Wildman–Crippen MR) is 100 cm³/mol. The summed E-state index contributed by atoms with van der Waals surface area (Å²) >= 11 is 0. The average Bonchev–Trinajstić information content (AvgIpc) is 2.60. The maximum Gasteiger partial charge on any atom is -0.00229 e. The summed E-state index contributed by atoms with van der Waals surface area (Å²) in [6, 6.07) is 16.1. The van der Waals surface area contributed by atoms with Crippen LogP contribution in [-0.4, -0.2) is 0 Å². The molecule has 2 aromatic rings. The molecule has 3 rings (SSSR count). The molecule has 0 fully saturated rings. The van der Waals surface area contributed by atoms with Gasteiger partial charge in [-0.05, 0) is 72.8 Å². The lowest BCUT2D eigenvalue weighted by molar-refractivity contribution is 0.659. The Balaban J connectivity index is 1.81. The smallest absolute Gasteiger partial charge is 0.00229 e. The molecule has 0 heteroatoms. The Morgan fingerprint density at radius 1 is 0.783 bits per heavy atom. The first-order valence-electron chi connectivity index (χ1n) is 9.54. The number of hydrogen-bond acceptors (Lipinski definition) is 0. The zero-order valence-electron chi connectivity index (χ0n) is 14.6. The Morgan fingerprint density at radius 3 is 2.17 bits per heavy atom. The van der Waals surface area contributed by atoms with Crippen molar-refractivity contribution in [2.45, 2.75) is 71.1 Å². The van der Waals surface area contributed by atoms with E-state index in [-0.39, 0.29) is 0 Å². The van der Waals surface area contributed by atoms with Crippen LogP contribution in [0.4, 0.5) is 0 Å². The van der Waals surface area contributed by atoms with E-state index in [0.29, 0.717) is 0 Å². The fourth-order valence-corrected chi connectivity index (χ4v) is 3.84. The molecule has 0 heterocycles. The quantitative estimate of drug-likeness (QED) is 0.528. The molecule has 0 radical (unpaired) electrons. The van der Waals surface area contributed by atoms with Crippen LogP contribution >= 0.6 is 0 Å². The molecule has 0 saturated carbocycles. The van der Waals surface area contributed by atoms with Gasteiger partial charge in [-0.3, -0.25) is 0 Å². The van der Waals surface area contributed by atoms with Crippen LogP contribution in [0.25, 0.3) is 0 Å². The number of unbranched alkanes of at least 4 members (excludes halogenated alkanes) is 3. The summed E-state index contributed by atoms with van der Waals surface area (Å²) in [6.45, 7) is 2.29. The summed E-state index contributed by atoms with van der Waals surface area (Å²) in [7, 11) is 0. The Kier molecular flexibility index (Phi) is 5.91. The second-order valence-electron chi connectivity index (χ2n) is 7.07. The molecular weight excluding hydrogens is 276 g/mol. The van der Waals surface area contributed by atoms with Crippen molar-refractivity contribution in [3.63, 3.8) is 0 Å². The van der Waals surface area contributed by atoms with Crippen LogP contribution in [0.1, 0.15) is 73.3 Å². The van der Waals surface area contributed by atoms with E-state index in [4.69, 9.17) is 0 Å². The molecule has 0 amide bonds. The first-order valence-corrected chi connectivity index (χ1v) is 9.54. The molecule has 122 valence electrons. The van der Waals surface area contributed by atoms with Gasteiger partial charge in [0, 0.05) is 0 Å². The zero-order chi connectivity index (χ0) is 15.9. The van der Waals surface area contributed by atoms with Gasteiger partial charge in [-0.25, -0.2) is 0 Å². The van der Waals surface area contributed by atoms with Crippen molar-refractivity contribution in [3.05, 3.63) is 70.3 Å². The lowest BCUT2D eigenvalue weighted by Crippen LogP contribution is -2.07. The summed E-state index contributed by atoms with van der Waals surface area (Å²) in [5.74, 6) is 0. The summed E-state index contributed by atoms with van der Waals surface area (Å²) < 4.78 is 0. The normalized spacial score (nSPS) is 13.8. The van der Waals surface area contributed by atoms with Gasteiger partial charge < -0.3 is 0 Å². The molecule has 1 aliphatic carbocycles. The largest absolute Gasteiger partial charge is 0.0654 e. The molecule has 23 heavy (non-hydrogen) atoms. The highest BCUT2D eigenvalue weighted by molar-refractivity contribution is 5.42. The monoisotopic (exact) mass is 306 g/mol. The minimum atomic E-state index is 1.09. The van der Waals surface area contributed by atoms with E-state index in [0.717, 1.165) is 6.42 Å². The zero-order valence-corrected chi connectivity index (χ0v) is 14.6. The van der Waals surface area contributed by atoms with E-state index in [9.17, 15) is 0 Å². The standard InChI is InChI=1S/C23H30/c1-2-3-4-8-13-22-17-20-14-9-10-15-21(20)18-23(22)16-19-11-6-5-7-12-19/h5-7,11-12,17-18H,2-4,8-10,13-16H2,1H3. The van der Waals surface area contributed by atoms with E-state index >= 15 is 0 Å². The highest BCUT2D eigenvalue weighted by atomic mass is 14.2. The summed E-state index contributed by atoms with van der Waals surface area (Å²) in [6.07, 6.45) is 13.1. The van der Waals surface area contributed by atoms with E-state index in [1.807, 2.05) is 0 Å². The highest BCUT2D eigenvalue weighted by Crippen LogP contribution is 2.27. The van der Waals surface area contributed by atoms with Gasteiger partial charge in [-0.2, -0.15) is 0 Å². The van der Waals surface area contributed by atoms with Gasteiger partial charge in [0.05, 0.1) is 0 Å². The average molecular weight is 306 g/mol. The van der Waals surface area contributed by atoms with Gasteiger partial charge in [0.15, 0.2) is 0 Å². The van der Waals surface area contributed by atoms with Crippen LogP contribution < -0.4 is 0 Å². The third-order valence-electron chi connectivity index (χ3n) is 5.20. The van der Waals surface area contributed by atoms with Crippen LogP contribution in [0.3, 0.4) is 0 Å². The highest BCUT2D eigenvalue weighted by Gasteiger charge is 2.13. The van der Waals surface area contributed by atoms with Crippen LogP contribution in [0, 0.1) is 0 Å². The third kappa shape index (κ3) is 4.47. The maximum atomic E-state index is 2.55. The lowest BCUT2D eigenvalue weighted by Gasteiger charge is -2.20. The topological polar surface area (TPSA) is 0 Å². The predicted octanol–water partition coefficient (Wildman–Crippen LogP) is 6.28. The molecule has 2 aromatic carbocycles. The fourth-order valence-electron chi connectivity index (χ4n) is 3.84. The Labute approximate surface area is 141 Å². The minimum absolute atomic E-state index is 1.09. The number of hydrogen-bond donors (Lipinski definition) is 0. The van der Waals surface area contributed by atoms with Crippen molar-refractivity contribution in [1.82, 2.24) is 0 Å².